The summed E-state index contributed by atoms with van der Waals surface area (Å²) in [6.07, 6.45) is 0.242. The van der Waals surface area contributed by atoms with E-state index in [1.165, 1.54) is 7.11 Å². The van der Waals surface area contributed by atoms with E-state index in [1.807, 2.05) is 17.9 Å². The van der Waals surface area contributed by atoms with Crippen LogP contribution in [0.1, 0.15) is 18.9 Å². The van der Waals surface area contributed by atoms with E-state index >= 15 is 0 Å². The molecule has 1 N–H and O–H groups in total. The predicted molar refractivity (Wildman–Crippen MR) is 78.5 cm³/mol. The third-order valence-electron chi connectivity index (χ3n) is 3.00. The van der Waals surface area contributed by atoms with Gasteiger partial charge in [0.1, 0.15) is 6.07 Å². The van der Waals surface area contributed by atoms with Gasteiger partial charge in [-0.15, -0.1) is 0 Å². The summed E-state index contributed by atoms with van der Waals surface area (Å²) in [5.41, 5.74) is 0.914. The zero-order valence-corrected chi connectivity index (χ0v) is 12.3. The van der Waals surface area contributed by atoms with Crippen LogP contribution < -0.4 is 5.32 Å². The van der Waals surface area contributed by atoms with Crippen LogP contribution in [0, 0.1) is 11.3 Å². The van der Waals surface area contributed by atoms with E-state index in [9.17, 15) is 9.59 Å². The maximum absolute atomic E-state index is 12.0. The molecule has 0 aliphatic rings. The highest BCUT2D eigenvalue weighted by molar-refractivity contribution is 5.93. The monoisotopic (exact) mass is 289 g/mol. The molecule has 112 valence electrons. The maximum atomic E-state index is 12.0. The largest absolute Gasteiger partial charge is 0.469 e. The summed E-state index contributed by atoms with van der Waals surface area (Å²) < 4.78 is 4.57. The quantitative estimate of drug-likeness (QED) is 0.767. The molecule has 0 atom stereocenters. The summed E-state index contributed by atoms with van der Waals surface area (Å²) in [7, 11) is 1.34. The molecule has 0 unspecified atom stereocenters. The number of hydrogen-bond acceptors (Lipinski definition) is 5. The van der Waals surface area contributed by atoms with Crippen LogP contribution in [0.4, 0.5) is 5.69 Å². The molecule has 1 amide bonds. The van der Waals surface area contributed by atoms with Crippen LogP contribution in [0.2, 0.25) is 0 Å². The van der Waals surface area contributed by atoms with Crippen LogP contribution in [0.5, 0.6) is 0 Å². The molecule has 6 nitrogen and oxygen atoms in total. The summed E-state index contributed by atoms with van der Waals surface area (Å²) in [4.78, 5) is 24.9. The minimum absolute atomic E-state index is 0.160. The number of nitrogens with zero attached hydrogens (tertiary/aromatic N) is 2. The fraction of sp³-hybridized carbons (Fsp3) is 0.400. The van der Waals surface area contributed by atoms with Crippen molar-refractivity contribution < 1.29 is 14.3 Å². The molecule has 1 aromatic carbocycles. The average molecular weight is 289 g/mol. The van der Waals surface area contributed by atoms with Crippen molar-refractivity contribution in [1.82, 2.24) is 4.90 Å². The van der Waals surface area contributed by atoms with Crippen LogP contribution in [0.3, 0.4) is 0 Å². The summed E-state index contributed by atoms with van der Waals surface area (Å²) in [5.74, 6) is -0.520. The predicted octanol–water partition coefficient (Wildman–Crippen LogP) is 1.38. The molecular weight excluding hydrogens is 270 g/mol. The van der Waals surface area contributed by atoms with Gasteiger partial charge in [-0.05, 0) is 18.7 Å². The molecule has 0 heterocycles. The van der Waals surface area contributed by atoms with Gasteiger partial charge in [0.05, 0.1) is 31.3 Å². The first-order chi connectivity index (χ1) is 10.1. The van der Waals surface area contributed by atoms with Crippen molar-refractivity contribution in [2.75, 3.05) is 32.1 Å². The Morgan fingerprint density at radius 1 is 1.38 bits per heavy atom. The van der Waals surface area contributed by atoms with Gasteiger partial charge in [0, 0.05) is 6.54 Å². The number of nitriles is 1. The smallest absolute Gasteiger partial charge is 0.306 e. The minimum Gasteiger partial charge on any atom is -0.469 e. The van der Waals surface area contributed by atoms with E-state index in [2.05, 4.69) is 10.1 Å². The van der Waals surface area contributed by atoms with Gasteiger partial charge in [0.25, 0.3) is 0 Å². The number of esters is 1. The van der Waals surface area contributed by atoms with Crippen LogP contribution in [0.25, 0.3) is 0 Å². The Kier molecular flexibility index (Phi) is 6.92. The lowest BCUT2D eigenvalue weighted by atomic mass is 10.2. The lowest BCUT2D eigenvalue weighted by Gasteiger charge is -2.19. The van der Waals surface area contributed by atoms with E-state index in [1.54, 1.807) is 24.3 Å². The number of ether oxygens (including phenoxy) is 1. The van der Waals surface area contributed by atoms with Crippen molar-refractivity contribution in [2.24, 2.45) is 0 Å². The van der Waals surface area contributed by atoms with Gasteiger partial charge in [-0.2, -0.15) is 5.26 Å². The molecular formula is C15H19N3O3. The molecule has 0 bridgehead atoms. The third kappa shape index (κ3) is 5.63. The summed E-state index contributed by atoms with van der Waals surface area (Å²) >= 11 is 0. The number of para-hydroxylation sites is 1. The maximum Gasteiger partial charge on any atom is 0.306 e. The van der Waals surface area contributed by atoms with E-state index in [0.29, 0.717) is 24.3 Å². The molecule has 0 aliphatic carbocycles. The lowest BCUT2D eigenvalue weighted by molar-refractivity contribution is -0.141. The van der Waals surface area contributed by atoms with Crippen LogP contribution >= 0.6 is 0 Å². The van der Waals surface area contributed by atoms with E-state index in [-0.39, 0.29) is 24.8 Å². The number of methoxy groups -OCH3 is 1. The fourth-order valence-corrected chi connectivity index (χ4v) is 1.78. The zero-order valence-electron chi connectivity index (χ0n) is 12.3. The van der Waals surface area contributed by atoms with E-state index in [4.69, 9.17) is 5.26 Å². The van der Waals surface area contributed by atoms with Crippen molar-refractivity contribution in [3.05, 3.63) is 29.8 Å². The molecule has 0 saturated heterocycles. The van der Waals surface area contributed by atoms with Gasteiger partial charge >= 0.3 is 5.97 Å². The molecule has 0 aliphatic heterocycles. The second-order valence-electron chi connectivity index (χ2n) is 4.40. The summed E-state index contributed by atoms with van der Waals surface area (Å²) in [6.45, 7) is 3.17. The molecule has 0 fully saturated rings. The number of anilines is 1. The Balaban J connectivity index is 2.55. The average Bonchev–Trinajstić information content (AvgIpc) is 2.51. The highest BCUT2D eigenvalue weighted by Gasteiger charge is 2.12. The fourth-order valence-electron chi connectivity index (χ4n) is 1.78. The number of benzene rings is 1. The first-order valence-corrected chi connectivity index (χ1v) is 6.68. The standard InChI is InChI=1S/C15H19N3O3/c1-3-18(9-8-15(20)21-2)11-14(19)17-13-7-5-4-6-12(13)10-16/h4-7H,3,8-9,11H2,1-2H3,(H,17,19). The van der Waals surface area contributed by atoms with Crippen molar-refractivity contribution in [1.29, 1.82) is 5.26 Å². The first kappa shape index (κ1) is 16.7. The van der Waals surface area contributed by atoms with E-state index in [0.717, 1.165) is 0 Å². The normalized spacial score (nSPS) is 10.0. The number of amides is 1. The van der Waals surface area contributed by atoms with Gasteiger partial charge in [-0.1, -0.05) is 19.1 Å². The second-order valence-corrected chi connectivity index (χ2v) is 4.40. The number of hydrogen-bond donors (Lipinski definition) is 1. The topological polar surface area (TPSA) is 82.4 Å². The zero-order chi connectivity index (χ0) is 15.7. The van der Waals surface area contributed by atoms with Crippen molar-refractivity contribution in [3.8, 4) is 6.07 Å². The molecule has 0 aromatic heterocycles. The Labute approximate surface area is 124 Å². The molecule has 6 heteroatoms. The molecule has 1 rings (SSSR count). The highest BCUT2D eigenvalue weighted by atomic mass is 16.5. The molecule has 0 radical (unpaired) electrons. The lowest BCUT2D eigenvalue weighted by Crippen LogP contribution is -2.34. The molecule has 0 saturated carbocycles. The Bertz CT molecular complexity index is 537. The van der Waals surface area contributed by atoms with Gasteiger partial charge < -0.3 is 10.1 Å². The minimum atomic E-state index is -0.302. The van der Waals surface area contributed by atoms with Crippen molar-refractivity contribution in [2.45, 2.75) is 13.3 Å². The van der Waals surface area contributed by atoms with Crippen molar-refractivity contribution in [3.63, 3.8) is 0 Å². The Morgan fingerprint density at radius 2 is 2.10 bits per heavy atom. The third-order valence-corrected chi connectivity index (χ3v) is 3.00. The van der Waals surface area contributed by atoms with Crippen LogP contribution in [-0.2, 0) is 14.3 Å². The van der Waals surface area contributed by atoms with Gasteiger partial charge in [-0.25, -0.2) is 0 Å². The summed E-state index contributed by atoms with van der Waals surface area (Å²) in [5, 5.41) is 11.7. The van der Waals surface area contributed by atoms with E-state index < -0.39 is 0 Å². The van der Waals surface area contributed by atoms with Crippen LogP contribution in [0.15, 0.2) is 24.3 Å². The molecule has 0 spiro atoms. The SMILES string of the molecule is CCN(CCC(=O)OC)CC(=O)Nc1ccccc1C#N. The summed E-state index contributed by atoms with van der Waals surface area (Å²) in [6, 6.07) is 8.85. The molecule has 21 heavy (non-hydrogen) atoms. The van der Waals surface area contributed by atoms with Gasteiger partial charge in [-0.3, -0.25) is 14.5 Å². The second kappa shape index (κ2) is 8.72. The number of rotatable bonds is 7. The number of carbonyl (C=O) groups is 2. The van der Waals surface area contributed by atoms with Gasteiger partial charge in [0.2, 0.25) is 5.91 Å². The van der Waals surface area contributed by atoms with Gasteiger partial charge in [0.15, 0.2) is 0 Å². The number of likely N-dealkylation sites (N-methyl/N-ethyl adjacent to an activating group) is 1. The van der Waals surface area contributed by atoms with Crippen LogP contribution in [-0.4, -0.2) is 43.5 Å². The van der Waals surface area contributed by atoms with Crippen molar-refractivity contribution >= 4 is 17.6 Å². The number of carbonyl (C=O) groups excluding carboxylic acids is 2. The Hall–Kier alpha value is -2.39. The highest BCUT2D eigenvalue weighted by Crippen LogP contribution is 2.13. The molecule has 1 aromatic rings. The number of nitrogens with one attached hydrogen (secondary N) is 1. The first-order valence-electron chi connectivity index (χ1n) is 6.68. The Morgan fingerprint density at radius 3 is 2.71 bits per heavy atom.